The summed E-state index contributed by atoms with van der Waals surface area (Å²) in [5, 5.41) is 27.5. The molecule has 98 valence electrons. The maximum Gasteiger partial charge on any atom is 0.390 e. The lowest BCUT2D eigenvalue weighted by molar-refractivity contribution is -0.138. The molecule has 5 N–H and O–H groups in total. The third-order valence-electron chi connectivity index (χ3n) is 1.94. The number of phenols is 3. The number of alkyl halides is 3. The molecule has 0 saturated carbocycles. The highest BCUT2D eigenvalue weighted by Crippen LogP contribution is 2.39. The molecule has 0 aliphatic rings. The van der Waals surface area contributed by atoms with E-state index in [1.807, 2.05) is 0 Å². The molecule has 1 aromatic rings. The lowest BCUT2D eigenvalue weighted by Crippen LogP contribution is -2.20. The van der Waals surface area contributed by atoms with E-state index >= 15 is 0 Å². The van der Waals surface area contributed by atoms with Gasteiger partial charge >= 0.3 is 6.18 Å². The standard InChI is InChI=1S/C9H10F3NO3.ClH/c10-9(11,12)3-5(13)8-6(15)1-4(14)2-7(8)16;/h1-2,5,14-16H,3,13H2;1H/t5-;/m0./s1. The monoisotopic (exact) mass is 273 g/mol. The van der Waals surface area contributed by atoms with Crippen LogP contribution in [0.5, 0.6) is 17.2 Å². The summed E-state index contributed by atoms with van der Waals surface area (Å²) in [6.45, 7) is 0. The van der Waals surface area contributed by atoms with Crippen LogP contribution < -0.4 is 5.73 Å². The lowest BCUT2D eigenvalue weighted by atomic mass is 10.0. The second-order valence-corrected chi connectivity index (χ2v) is 3.32. The first kappa shape index (κ1) is 15.7. The molecule has 0 saturated heterocycles. The number of benzene rings is 1. The Morgan fingerprint density at radius 1 is 1.12 bits per heavy atom. The predicted molar refractivity (Wildman–Crippen MR) is 56.3 cm³/mol. The van der Waals surface area contributed by atoms with Crippen LogP contribution in [0.25, 0.3) is 0 Å². The minimum atomic E-state index is -4.50. The van der Waals surface area contributed by atoms with Crippen LogP contribution in [0.3, 0.4) is 0 Å². The second-order valence-electron chi connectivity index (χ2n) is 3.32. The number of halogens is 4. The first-order valence-corrected chi connectivity index (χ1v) is 4.28. The molecule has 1 atom stereocenters. The third-order valence-corrected chi connectivity index (χ3v) is 1.94. The second kappa shape index (κ2) is 5.33. The van der Waals surface area contributed by atoms with E-state index in [-0.39, 0.29) is 12.4 Å². The van der Waals surface area contributed by atoms with Crippen LogP contribution >= 0.6 is 12.4 Å². The summed E-state index contributed by atoms with van der Waals surface area (Å²) < 4.78 is 36.1. The summed E-state index contributed by atoms with van der Waals surface area (Å²) >= 11 is 0. The van der Waals surface area contributed by atoms with Crippen molar-refractivity contribution in [1.29, 1.82) is 0 Å². The zero-order valence-corrected chi connectivity index (χ0v) is 9.22. The van der Waals surface area contributed by atoms with Gasteiger partial charge in [-0.15, -0.1) is 12.4 Å². The van der Waals surface area contributed by atoms with Gasteiger partial charge in [0.2, 0.25) is 0 Å². The van der Waals surface area contributed by atoms with Crippen molar-refractivity contribution < 1.29 is 28.5 Å². The van der Waals surface area contributed by atoms with Crippen molar-refractivity contribution in [2.75, 3.05) is 0 Å². The minimum absolute atomic E-state index is 0. The molecule has 0 spiro atoms. The largest absolute Gasteiger partial charge is 0.508 e. The van der Waals surface area contributed by atoms with E-state index in [1.165, 1.54) is 0 Å². The van der Waals surface area contributed by atoms with Gasteiger partial charge in [-0.3, -0.25) is 0 Å². The van der Waals surface area contributed by atoms with Gasteiger partial charge in [0.15, 0.2) is 0 Å². The number of hydrogen-bond acceptors (Lipinski definition) is 4. The topological polar surface area (TPSA) is 86.7 Å². The molecule has 0 aliphatic heterocycles. The average Bonchev–Trinajstić information content (AvgIpc) is 1.96. The molecule has 0 radical (unpaired) electrons. The molecular weight excluding hydrogens is 263 g/mol. The fraction of sp³-hybridized carbons (Fsp3) is 0.333. The third kappa shape index (κ3) is 4.20. The lowest BCUT2D eigenvalue weighted by Gasteiger charge is -2.17. The van der Waals surface area contributed by atoms with Gasteiger partial charge < -0.3 is 21.1 Å². The fourth-order valence-corrected chi connectivity index (χ4v) is 1.34. The van der Waals surface area contributed by atoms with Crippen LogP contribution in [0.2, 0.25) is 0 Å². The van der Waals surface area contributed by atoms with Crippen molar-refractivity contribution in [2.24, 2.45) is 5.73 Å². The van der Waals surface area contributed by atoms with Gasteiger partial charge in [0.1, 0.15) is 17.2 Å². The number of nitrogens with two attached hydrogens (primary N) is 1. The van der Waals surface area contributed by atoms with E-state index in [9.17, 15) is 23.4 Å². The van der Waals surface area contributed by atoms with Gasteiger partial charge in [-0.25, -0.2) is 0 Å². The van der Waals surface area contributed by atoms with Crippen molar-refractivity contribution in [3.8, 4) is 17.2 Å². The normalized spacial score (nSPS) is 12.9. The molecule has 0 bridgehead atoms. The molecule has 0 aromatic heterocycles. The molecule has 1 aromatic carbocycles. The summed E-state index contributed by atoms with van der Waals surface area (Å²) in [6.07, 6.45) is -5.88. The number of aromatic hydroxyl groups is 3. The molecule has 17 heavy (non-hydrogen) atoms. The Labute approximate surface area is 101 Å². The quantitative estimate of drug-likeness (QED) is 0.665. The van der Waals surface area contributed by atoms with Crippen LogP contribution in [0.15, 0.2) is 12.1 Å². The summed E-state index contributed by atoms with van der Waals surface area (Å²) in [5.41, 5.74) is 4.78. The summed E-state index contributed by atoms with van der Waals surface area (Å²) in [5.74, 6) is -1.80. The Morgan fingerprint density at radius 3 is 1.88 bits per heavy atom. The molecule has 0 unspecified atom stereocenters. The van der Waals surface area contributed by atoms with E-state index in [1.54, 1.807) is 0 Å². The highest BCUT2D eigenvalue weighted by Gasteiger charge is 2.33. The van der Waals surface area contributed by atoms with E-state index < -0.39 is 41.5 Å². The maximum atomic E-state index is 12.0. The Morgan fingerprint density at radius 2 is 1.53 bits per heavy atom. The van der Waals surface area contributed by atoms with E-state index in [0.717, 1.165) is 12.1 Å². The predicted octanol–water partition coefficient (Wildman–Crippen LogP) is 2.18. The van der Waals surface area contributed by atoms with E-state index in [0.29, 0.717) is 0 Å². The number of hydrogen-bond donors (Lipinski definition) is 4. The highest BCUT2D eigenvalue weighted by molar-refractivity contribution is 5.85. The molecule has 1 rings (SSSR count). The van der Waals surface area contributed by atoms with Gasteiger partial charge in [0.05, 0.1) is 12.0 Å². The van der Waals surface area contributed by atoms with Crippen LogP contribution in [0.1, 0.15) is 18.0 Å². The average molecular weight is 274 g/mol. The van der Waals surface area contributed by atoms with Crippen molar-refractivity contribution in [3.05, 3.63) is 17.7 Å². The Hall–Kier alpha value is -1.34. The van der Waals surface area contributed by atoms with Gasteiger partial charge in [0.25, 0.3) is 0 Å². The molecule has 0 amide bonds. The summed E-state index contributed by atoms with van der Waals surface area (Å²) in [4.78, 5) is 0. The molecule has 0 heterocycles. The van der Waals surface area contributed by atoms with Crippen LogP contribution in [0, 0.1) is 0 Å². The zero-order valence-electron chi connectivity index (χ0n) is 8.40. The van der Waals surface area contributed by atoms with Crippen molar-refractivity contribution in [3.63, 3.8) is 0 Å². The van der Waals surface area contributed by atoms with Gasteiger partial charge in [-0.2, -0.15) is 13.2 Å². The SMILES string of the molecule is Cl.N[C@@H](CC(F)(F)F)c1c(O)cc(O)cc1O. The maximum absolute atomic E-state index is 12.0. The Balaban J connectivity index is 0.00000256. The molecular formula is C9H11ClF3NO3. The molecule has 4 nitrogen and oxygen atoms in total. The molecule has 0 fully saturated rings. The highest BCUT2D eigenvalue weighted by atomic mass is 35.5. The smallest absolute Gasteiger partial charge is 0.390 e. The number of rotatable bonds is 2. The van der Waals surface area contributed by atoms with Crippen LogP contribution in [-0.4, -0.2) is 21.5 Å². The Bertz CT molecular complexity index is 375. The fourth-order valence-electron chi connectivity index (χ4n) is 1.34. The first-order valence-electron chi connectivity index (χ1n) is 4.28. The molecule has 8 heteroatoms. The van der Waals surface area contributed by atoms with Gasteiger partial charge in [-0.05, 0) is 0 Å². The minimum Gasteiger partial charge on any atom is -0.508 e. The van der Waals surface area contributed by atoms with Crippen molar-refractivity contribution >= 4 is 12.4 Å². The van der Waals surface area contributed by atoms with E-state index in [4.69, 9.17) is 10.8 Å². The first-order chi connectivity index (χ1) is 7.20. The van der Waals surface area contributed by atoms with Crippen LogP contribution in [-0.2, 0) is 0 Å². The summed E-state index contributed by atoms with van der Waals surface area (Å²) in [7, 11) is 0. The van der Waals surface area contributed by atoms with Crippen molar-refractivity contribution in [1.82, 2.24) is 0 Å². The van der Waals surface area contributed by atoms with Crippen LogP contribution in [0.4, 0.5) is 13.2 Å². The molecule has 0 aliphatic carbocycles. The van der Waals surface area contributed by atoms with Gasteiger partial charge in [0, 0.05) is 18.2 Å². The van der Waals surface area contributed by atoms with Gasteiger partial charge in [-0.1, -0.05) is 0 Å². The van der Waals surface area contributed by atoms with E-state index in [2.05, 4.69) is 0 Å². The zero-order chi connectivity index (χ0) is 12.5. The van der Waals surface area contributed by atoms with Crippen molar-refractivity contribution in [2.45, 2.75) is 18.6 Å². The summed E-state index contributed by atoms with van der Waals surface area (Å²) in [6, 6.07) is 0.0388. The number of phenolic OH excluding ortho intramolecular Hbond substituents is 3. The Kier molecular flexibility index (Phi) is 4.91.